The topological polar surface area (TPSA) is 34.1 Å². The Morgan fingerprint density at radius 3 is 2.62 bits per heavy atom. The molecule has 1 N–H and O–H groups in total. The van der Waals surface area contributed by atoms with Crippen LogP contribution in [0.1, 0.15) is 6.42 Å². The van der Waals surface area contributed by atoms with Crippen LogP contribution in [-0.2, 0) is 0 Å². The van der Waals surface area contributed by atoms with Gasteiger partial charge in [0.15, 0.2) is 0 Å². The maximum Gasteiger partial charge on any atom is 0.213 e. The standard InChI is InChI=1S/C11H13ClN2O.ClH/c12-9-1-2-10(14-6-9)15-11-7-3-8(11)5-13-4-7;/h1-2,6-8,11,13H,3-5H2;1H/t7-,8+,11?;. The molecule has 0 aromatic carbocycles. The molecule has 88 valence electrons. The van der Waals surface area contributed by atoms with Crippen LogP contribution in [0, 0.1) is 11.8 Å². The Hall–Kier alpha value is -0.510. The van der Waals surface area contributed by atoms with Crippen molar-refractivity contribution in [3.8, 4) is 5.88 Å². The summed E-state index contributed by atoms with van der Waals surface area (Å²) >= 11 is 5.76. The van der Waals surface area contributed by atoms with Crippen molar-refractivity contribution in [2.24, 2.45) is 11.8 Å². The van der Waals surface area contributed by atoms with Gasteiger partial charge in [-0.1, -0.05) is 11.6 Å². The third-order valence-corrected chi connectivity index (χ3v) is 3.53. The van der Waals surface area contributed by atoms with Gasteiger partial charge < -0.3 is 10.1 Å². The average molecular weight is 261 g/mol. The highest BCUT2D eigenvalue weighted by molar-refractivity contribution is 6.30. The van der Waals surface area contributed by atoms with Crippen LogP contribution >= 0.6 is 24.0 Å². The zero-order valence-corrected chi connectivity index (χ0v) is 10.3. The number of rotatable bonds is 2. The van der Waals surface area contributed by atoms with E-state index < -0.39 is 0 Å². The largest absolute Gasteiger partial charge is 0.474 e. The van der Waals surface area contributed by atoms with Gasteiger partial charge in [0, 0.05) is 37.2 Å². The van der Waals surface area contributed by atoms with Gasteiger partial charge in [-0.3, -0.25) is 0 Å². The number of fused-ring (bicyclic) bond motifs is 2. The van der Waals surface area contributed by atoms with E-state index in [2.05, 4.69) is 10.3 Å². The number of nitrogens with one attached hydrogen (secondary N) is 1. The Kier molecular flexibility index (Phi) is 3.57. The first kappa shape index (κ1) is 12.0. The molecule has 1 aromatic rings. The number of hydrogen-bond donors (Lipinski definition) is 1. The number of ether oxygens (including phenoxy) is 1. The SMILES string of the molecule is Cl.Clc1ccc(OC2[C@@H]3CNC[C@H]2C3)nc1. The second-order valence-electron chi connectivity index (χ2n) is 4.31. The quantitative estimate of drug-likeness (QED) is 0.885. The van der Waals surface area contributed by atoms with Gasteiger partial charge in [-0.25, -0.2) is 4.98 Å². The van der Waals surface area contributed by atoms with Crippen LogP contribution in [-0.4, -0.2) is 24.2 Å². The Morgan fingerprint density at radius 2 is 2.06 bits per heavy atom. The van der Waals surface area contributed by atoms with Crippen LogP contribution in [0.25, 0.3) is 0 Å². The summed E-state index contributed by atoms with van der Waals surface area (Å²) < 4.78 is 5.86. The molecular formula is C11H14Cl2N2O. The highest BCUT2D eigenvalue weighted by atomic mass is 35.5. The average Bonchev–Trinajstić information content (AvgIpc) is 2.29. The summed E-state index contributed by atoms with van der Waals surface area (Å²) in [6, 6.07) is 3.65. The minimum Gasteiger partial charge on any atom is -0.474 e. The fourth-order valence-corrected chi connectivity index (χ4v) is 2.57. The van der Waals surface area contributed by atoms with Crippen LogP contribution in [0.3, 0.4) is 0 Å². The number of piperidine rings is 2. The van der Waals surface area contributed by atoms with E-state index in [-0.39, 0.29) is 12.4 Å². The maximum atomic E-state index is 5.86. The Labute approximate surface area is 106 Å². The second-order valence-corrected chi connectivity index (χ2v) is 4.75. The molecule has 0 amide bonds. The zero-order valence-electron chi connectivity index (χ0n) is 8.73. The monoisotopic (exact) mass is 260 g/mol. The normalized spacial score (nSPS) is 31.2. The van der Waals surface area contributed by atoms with E-state index in [0.29, 0.717) is 28.8 Å². The van der Waals surface area contributed by atoms with Gasteiger partial charge in [0.1, 0.15) is 6.10 Å². The maximum absolute atomic E-state index is 5.86. The molecule has 1 saturated heterocycles. The molecule has 2 fully saturated rings. The number of halogens is 2. The van der Waals surface area contributed by atoms with Crippen molar-refractivity contribution in [1.82, 2.24) is 10.3 Å². The summed E-state index contributed by atoms with van der Waals surface area (Å²) in [5, 5.41) is 4.04. The lowest BCUT2D eigenvalue weighted by atomic mass is 9.69. The molecule has 3 nitrogen and oxygen atoms in total. The van der Waals surface area contributed by atoms with E-state index in [4.69, 9.17) is 16.3 Å². The summed E-state index contributed by atoms with van der Waals surface area (Å²) in [5.41, 5.74) is 0. The zero-order chi connectivity index (χ0) is 10.3. The molecule has 0 spiro atoms. The molecule has 1 aliphatic carbocycles. The van der Waals surface area contributed by atoms with E-state index in [1.54, 1.807) is 6.20 Å². The van der Waals surface area contributed by atoms with Gasteiger partial charge in [-0.15, -0.1) is 12.4 Å². The van der Waals surface area contributed by atoms with Crippen molar-refractivity contribution in [1.29, 1.82) is 0 Å². The molecule has 16 heavy (non-hydrogen) atoms. The molecule has 2 aliphatic rings. The van der Waals surface area contributed by atoms with Crippen molar-refractivity contribution in [3.63, 3.8) is 0 Å². The Balaban J connectivity index is 0.000000963. The number of pyridine rings is 1. The number of aromatic nitrogens is 1. The molecular weight excluding hydrogens is 247 g/mol. The summed E-state index contributed by atoms with van der Waals surface area (Å²) in [5.74, 6) is 2.03. The smallest absolute Gasteiger partial charge is 0.213 e. The van der Waals surface area contributed by atoms with Gasteiger partial charge in [-0.05, 0) is 12.5 Å². The summed E-state index contributed by atoms with van der Waals surface area (Å²) in [6.45, 7) is 2.16. The van der Waals surface area contributed by atoms with Crippen LogP contribution in [0.2, 0.25) is 5.02 Å². The third kappa shape index (κ3) is 2.12. The Morgan fingerprint density at radius 1 is 1.31 bits per heavy atom. The second kappa shape index (κ2) is 4.78. The van der Waals surface area contributed by atoms with Gasteiger partial charge >= 0.3 is 0 Å². The Bertz CT molecular complexity index is 344. The molecule has 3 rings (SSSR count). The first-order valence-corrected chi connectivity index (χ1v) is 5.69. The molecule has 1 unspecified atom stereocenters. The van der Waals surface area contributed by atoms with Crippen molar-refractivity contribution in [2.45, 2.75) is 12.5 Å². The van der Waals surface area contributed by atoms with Gasteiger partial charge in [0.25, 0.3) is 0 Å². The molecule has 1 aromatic heterocycles. The molecule has 0 radical (unpaired) electrons. The van der Waals surface area contributed by atoms with Crippen molar-refractivity contribution in [3.05, 3.63) is 23.4 Å². The number of hydrogen-bond acceptors (Lipinski definition) is 3. The lowest BCUT2D eigenvalue weighted by molar-refractivity contribution is -0.0470. The highest BCUT2D eigenvalue weighted by Crippen LogP contribution is 2.39. The molecule has 1 saturated carbocycles. The predicted molar refractivity (Wildman–Crippen MR) is 65.4 cm³/mol. The van der Waals surface area contributed by atoms with E-state index in [1.807, 2.05) is 12.1 Å². The van der Waals surface area contributed by atoms with E-state index in [0.717, 1.165) is 13.1 Å². The fraction of sp³-hybridized carbons (Fsp3) is 0.545. The van der Waals surface area contributed by atoms with Crippen molar-refractivity contribution in [2.75, 3.05) is 13.1 Å². The number of nitrogens with zero attached hydrogens (tertiary/aromatic N) is 1. The summed E-state index contributed by atoms with van der Waals surface area (Å²) in [7, 11) is 0. The summed E-state index contributed by atoms with van der Waals surface area (Å²) in [6.07, 6.45) is 3.29. The molecule has 2 bridgehead atoms. The van der Waals surface area contributed by atoms with Gasteiger partial charge in [-0.2, -0.15) is 0 Å². The minimum absolute atomic E-state index is 0. The first-order valence-electron chi connectivity index (χ1n) is 5.32. The van der Waals surface area contributed by atoms with E-state index >= 15 is 0 Å². The van der Waals surface area contributed by atoms with Crippen LogP contribution in [0.5, 0.6) is 5.88 Å². The minimum atomic E-state index is 0. The predicted octanol–water partition coefficient (Wildman–Crippen LogP) is 2.14. The fourth-order valence-electron chi connectivity index (χ4n) is 2.46. The van der Waals surface area contributed by atoms with Gasteiger partial charge in [0.05, 0.1) is 5.02 Å². The molecule has 5 heteroatoms. The lowest BCUT2D eigenvalue weighted by Crippen LogP contribution is -2.59. The van der Waals surface area contributed by atoms with Gasteiger partial charge in [0.2, 0.25) is 5.88 Å². The van der Waals surface area contributed by atoms with Crippen LogP contribution in [0.4, 0.5) is 0 Å². The molecule has 3 atom stereocenters. The van der Waals surface area contributed by atoms with E-state index in [9.17, 15) is 0 Å². The van der Waals surface area contributed by atoms with Crippen molar-refractivity contribution < 1.29 is 4.74 Å². The van der Waals surface area contributed by atoms with Crippen molar-refractivity contribution >= 4 is 24.0 Å². The molecule has 1 aliphatic heterocycles. The summed E-state index contributed by atoms with van der Waals surface area (Å²) in [4.78, 5) is 4.15. The highest BCUT2D eigenvalue weighted by Gasteiger charge is 2.45. The third-order valence-electron chi connectivity index (χ3n) is 3.30. The van der Waals surface area contributed by atoms with Crippen LogP contribution < -0.4 is 10.1 Å². The first-order chi connectivity index (χ1) is 7.33. The lowest BCUT2D eigenvalue weighted by Gasteiger charge is -2.48. The van der Waals surface area contributed by atoms with E-state index in [1.165, 1.54) is 6.42 Å². The van der Waals surface area contributed by atoms with Crippen LogP contribution in [0.15, 0.2) is 18.3 Å². The molecule has 2 heterocycles.